The summed E-state index contributed by atoms with van der Waals surface area (Å²) in [7, 11) is 0. The molecule has 2 aromatic rings. The van der Waals surface area contributed by atoms with Gasteiger partial charge in [-0.25, -0.2) is 0 Å². The van der Waals surface area contributed by atoms with Gasteiger partial charge in [0.15, 0.2) is 0 Å². The number of nitrogens with zero attached hydrogens (tertiary/aromatic N) is 1. The zero-order valence-corrected chi connectivity index (χ0v) is 17.9. The maximum Gasteiger partial charge on any atom is 0.293 e. The van der Waals surface area contributed by atoms with Crippen LogP contribution < -0.4 is 10.6 Å². The largest absolute Gasteiger partial charge is 0.354 e. The van der Waals surface area contributed by atoms with Gasteiger partial charge in [-0.3, -0.25) is 24.1 Å². The summed E-state index contributed by atoms with van der Waals surface area (Å²) >= 11 is 0.889. The van der Waals surface area contributed by atoms with Crippen LogP contribution in [-0.4, -0.2) is 41.0 Å². The predicted octanol–water partition coefficient (Wildman–Crippen LogP) is 3.11. The number of imide groups is 1. The molecule has 2 N–H and O–H groups in total. The van der Waals surface area contributed by atoms with Gasteiger partial charge >= 0.3 is 0 Å². The molecule has 1 saturated heterocycles. The van der Waals surface area contributed by atoms with E-state index in [1.54, 1.807) is 6.08 Å². The molecule has 160 valence electrons. The summed E-state index contributed by atoms with van der Waals surface area (Å²) in [6.07, 6.45) is 1.74. The number of carbonyl (C=O) groups is 4. The molecule has 1 atom stereocenters. The second-order valence-corrected chi connectivity index (χ2v) is 7.96. The van der Waals surface area contributed by atoms with Crippen molar-refractivity contribution in [2.45, 2.75) is 19.4 Å². The number of hydrogen-bond donors (Lipinski definition) is 2. The van der Waals surface area contributed by atoms with Crippen molar-refractivity contribution in [3.63, 3.8) is 0 Å². The maximum absolute atomic E-state index is 12.5. The average Bonchev–Trinajstić information content (AvgIpc) is 3.01. The van der Waals surface area contributed by atoms with Crippen molar-refractivity contribution in [2.24, 2.45) is 0 Å². The fraction of sp³-hybridized carbons (Fsp3) is 0.217. The van der Waals surface area contributed by atoms with Gasteiger partial charge in [-0.2, -0.15) is 0 Å². The van der Waals surface area contributed by atoms with Crippen LogP contribution in [0.4, 0.5) is 4.79 Å². The van der Waals surface area contributed by atoms with Crippen LogP contribution in [0.2, 0.25) is 0 Å². The number of amides is 4. The van der Waals surface area contributed by atoms with Gasteiger partial charge in [0.05, 0.1) is 17.4 Å². The van der Waals surface area contributed by atoms with E-state index in [1.165, 1.54) is 6.92 Å². The molecular formula is C23H23N3O4S. The van der Waals surface area contributed by atoms with E-state index in [4.69, 9.17) is 0 Å². The summed E-state index contributed by atoms with van der Waals surface area (Å²) in [4.78, 5) is 50.1. The van der Waals surface area contributed by atoms with E-state index in [-0.39, 0.29) is 42.5 Å². The van der Waals surface area contributed by atoms with E-state index in [1.807, 2.05) is 60.7 Å². The van der Waals surface area contributed by atoms with Crippen LogP contribution in [0, 0.1) is 0 Å². The van der Waals surface area contributed by atoms with Crippen molar-refractivity contribution in [2.75, 3.05) is 13.1 Å². The highest BCUT2D eigenvalue weighted by Crippen LogP contribution is 2.31. The standard InChI is InChI=1S/C23H23N3O4S/c1-16(27)25-19(18-10-6-3-7-11-18)15-21(28)24-12-13-26-22(29)20(31-23(26)30)14-17-8-4-2-5-9-17/h2-11,14,19H,12-13,15H2,1H3,(H,24,28)(H,25,27)/b20-14+. The van der Waals surface area contributed by atoms with Crippen molar-refractivity contribution >= 4 is 40.8 Å². The Morgan fingerprint density at radius 1 is 1.03 bits per heavy atom. The Kier molecular flexibility index (Phi) is 7.61. The molecule has 0 saturated carbocycles. The van der Waals surface area contributed by atoms with E-state index in [0.717, 1.165) is 27.8 Å². The first-order valence-corrected chi connectivity index (χ1v) is 10.6. The van der Waals surface area contributed by atoms with Crippen LogP contribution in [-0.2, 0) is 14.4 Å². The Hall–Kier alpha value is -3.39. The summed E-state index contributed by atoms with van der Waals surface area (Å²) in [6, 6.07) is 18.1. The molecular weight excluding hydrogens is 414 g/mol. The summed E-state index contributed by atoms with van der Waals surface area (Å²) in [5.74, 6) is -0.882. The van der Waals surface area contributed by atoms with Crippen molar-refractivity contribution in [3.05, 3.63) is 76.7 Å². The Balaban J connectivity index is 1.53. The molecule has 2 aromatic carbocycles. The molecule has 7 nitrogen and oxygen atoms in total. The van der Waals surface area contributed by atoms with Crippen LogP contribution >= 0.6 is 11.8 Å². The molecule has 1 heterocycles. The summed E-state index contributed by atoms with van der Waals surface area (Å²) in [5.41, 5.74) is 1.66. The first kappa shape index (κ1) is 22.3. The van der Waals surface area contributed by atoms with Gasteiger partial charge in [0.2, 0.25) is 11.8 Å². The lowest BCUT2D eigenvalue weighted by Gasteiger charge is -2.18. The summed E-state index contributed by atoms with van der Waals surface area (Å²) < 4.78 is 0. The lowest BCUT2D eigenvalue weighted by Crippen LogP contribution is -2.38. The highest BCUT2D eigenvalue weighted by Gasteiger charge is 2.34. The molecule has 0 radical (unpaired) electrons. The van der Waals surface area contributed by atoms with Crippen LogP contribution in [0.15, 0.2) is 65.6 Å². The molecule has 1 aliphatic rings. The van der Waals surface area contributed by atoms with E-state index >= 15 is 0 Å². The monoisotopic (exact) mass is 437 g/mol. The number of thioether (sulfide) groups is 1. The molecule has 31 heavy (non-hydrogen) atoms. The first-order chi connectivity index (χ1) is 14.9. The van der Waals surface area contributed by atoms with Crippen molar-refractivity contribution in [1.82, 2.24) is 15.5 Å². The molecule has 0 spiro atoms. The number of hydrogen-bond acceptors (Lipinski definition) is 5. The molecule has 4 amide bonds. The minimum absolute atomic E-state index is 0.0550. The quantitative estimate of drug-likeness (QED) is 0.619. The van der Waals surface area contributed by atoms with E-state index < -0.39 is 6.04 Å². The zero-order valence-electron chi connectivity index (χ0n) is 17.0. The minimum Gasteiger partial charge on any atom is -0.354 e. The molecule has 1 unspecified atom stereocenters. The van der Waals surface area contributed by atoms with Gasteiger partial charge in [0.25, 0.3) is 11.1 Å². The highest BCUT2D eigenvalue weighted by molar-refractivity contribution is 8.18. The number of benzene rings is 2. The Morgan fingerprint density at radius 3 is 2.32 bits per heavy atom. The smallest absolute Gasteiger partial charge is 0.293 e. The zero-order chi connectivity index (χ0) is 22.2. The lowest BCUT2D eigenvalue weighted by molar-refractivity contribution is -0.125. The molecule has 3 rings (SSSR count). The van der Waals surface area contributed by atoms with Gasteiger partial charge in [-0.15, -0.1) is 0 Å². The van der Waals surface area contributed by atoms with E-state index in [0.29, 0.717) is 4.91 Å². The second-order valence-electron chi connectivity index (χ2n) is 6.96. The van der Waals surface area contributed by atoms with Crippen molar-refractivity contribution < 1.29 is 19.2 Å². The minimum atomic E-state index is -0.454. The van der Waals surface area contributed by atoms with Crippen molar-refractivity contribution in [3.8, 4) is 0 Å². The van der Waals surface area contributed by atoms with Gasteiger partial charge in [0, 0.05) is 20.0 Å². The molecule has 0 aliphatic carbocycles. The Labute approximate surface area is 184 Å². The third kappa shape index (κ3) is 6.29. The second kappa shape index (κ2) is 10.6. The molecule has 8 heteroatoms. The van der Waals surface area contributed by atoms with E-state index in [2.05, 4.69) is 10.6 Å². The normalized spacial score (nSPS) is 15.8. The van der Waals surface area contributed by atoms with Crippen LogP contribution in [0.1, 0.15) is 30.5 Å². The fourth-order valence-electron chi connectivity index (χ4n) is 3.14. The van der Waals surface area contributed by atoms with E-state index in [9.17, 15) is 19.2 Å². The van der Waals surface area contributed by atoms with Crippen LogP contribution in [0.25, 0.3) is 6.08 Å². The lowest BCUT2D eigenvalue weighted by atomic mass is 10.0. The average molecular weight is 438 g/mol. The number of nitrogens with one attached hydrogen (secondary N) is 2. The highest BCUT2D eigenvalue weighted by atomic mass is 32.2. The van der Waals surface area contributed by atoms with Gasteiger partial charge < -0.3 is 10.6 Å². The third-order valence-corrected chi connectivity index (χ3v) is 5.50. The van der Waals surface area contributed by atoms with Gasteiger partial charge in [0.1, 0.15) is 0 Å². The first-order valence-electron chi connectivity index (χ1n) is 9.83. The molecule has 0 bridgehead atoms. The summed E-state index contributed by atoms with van der Waals surface area (Å²) in [6.45, 7) is 1.62. The van der Waals surface area contributed by atoms with Gasteiger partial charge in [-0.1, -0.05) is 60.7 Å². The molecule has 1 aliphatic heterocycles. The van der Waals surface area contributed by atoms with Gasteiger partial charge in [-0.05, 0) is 29.0 Å². The Morgan fingerprint density at radius 2 is 1.68 bits per heavy atom. The summed E-state index contributed by atoms with van der Waals surface area (Å²) in [5, 5.41) is 5.14. The number of carbonyl (C=O) groups excluding carboxylic acids is 4. The fourth-order valence-corrected chi connectivity index (χ4v) is 4.01. The third-order valence-electron chi connectivity index (χ3n) is 4.60. The maximum atomic E-state index is 12.5. The SMILES string of the molecule is CC(=O)NC(CC(=O)NCCN1C(=O)S/C(=C/c2ccccc2)C1=O)c1ccccc1. The molecule has 1 fully saturated rings. The predicted molar refractivity (Wildman–Crippen MR) is 120 cm³/mol. The number of rotatable bonds is 8. The molecule has 0 aromatic heterocycles. The Bertz CT molecular complexity index is 992. The van der Waals surface area contributed by atoms with Crippen LogP contribution in [0.5, 0.6) is 0 Å². The van der Waals surface area contributed by atoms with Crippen molar-refractivity contribution in [1.29, 1.82) is 0 Å². The van der Waals surface area contributed by atoms with Crippen LogP contribution in [0.3, 0.4) is 0 Å². The topological polar surface area (TPSA) is 95.6 Å².